The van der Waals surface area contributed by atoms with Gasteiger partial charge in [0, 0.05) is 0 Å². The summed E-state index contributed by atoms with van der Waals surface area (Å²) in [5, 5.41) is 3.17. The molecule has 2 rings (SSSR count). The fourth-order valence-corrected chi connectivity index (χ4v) is 1.27. The number of rotatable bonds is 2. The third-order valence-corrected chi connectivity index (χ3v) is 1.97. The van der Waals surface area contributed by atoms with E-state index in [1.165, 1.54) is 12.1 Å². The summed E-state index contributed by atoms with van der Waals surface area (Å²) >= 11 is 0. The van der Waals surface area contributed by atoms with Gasteiger partial charge in [-0.2, -0.15) is 0 Å². The maximum Gasteiger partial charge on any atom is 0.271 e. The summed E-state index contributed by atoms with van der Waals surface area (Å²) < 4.78 is 18.3. The topological polar surface area (TPSA) is 86.2 Å². The van der Waals surface area contributed by atoms with Gasteiger partial charge in [0.1, 0.15) is 5.82 Å². The van der Waals surface area contributed by atoms with Crippen LogP contribution in [0.4, 0.5) is 4.39 Å². The largest absolute Gasteiger partial charge is 0.364 e. The van der Waals surface area contributed by atoms with Gasteiger partial charge in [-0.15, -0.1) is 0 Å². The van der Waals surface area contributed by atoms with Crippen molar-refractivity contribution in [1.29, 1.82) is 0 Å². The first kappa shape index (κ1) is 9.32. The molecule has 0 saturated heterocycles. The number of amides is 1. The maximum atomic E-state index is 13.6. The van der Waals surface area contributed by atoms with Crippen molar-refractivity contribution < 1.29 is 18.5 Å². The predicted molar refractivity (Wildman–Crippen MR) is 47.9 cm³/mol. The van der Waals surface area contributed by atoms with Crippen LogP contribution in [0.1, 0.15) is 20.8 Å². The van der Waals surface area contributed by atoms with E-state index in [1.807, 2.05) is 0 Å². The molecule has 1 aromatic carbocycles. The summed E-state index contributed by atoms with van der Waals surface area (Å²) in [6.07, 6.45) is 0.340. The Hall–Kier alpha value is -2.24. The molecule has 0 aliphatic heterocycles. The summed E-state index contributed by atoms with van der Waals surface area (Å²) in [4.78, 5) is 21.3. The molecule has 0 saturated carbocycles. The highest BCUT2D eigenvalue weighted by atomic mass is 19.1. The molecule has 0 aliphatic rings. The highest BCUT2D eigenvalue weighted by Gasteiger charge is 2.19. The quantitative estimate of drug-likeness (QED) is 0.742. The zero-order valence-corrected chi connectivity index (χ0v) is 7.36. The van der Waals surface area contributed by atoms with E-state index < -0.39 is 11.7 Å². The first-order valence-corrected chi connectivity index (χ1v) is 3.98. The molecule has 0 bridgehead atoms. The summed E-state index contributed by atoms with van der Waals surface area (Å²) in [5.41, 5.74) is 4.56. The van der Waals surface area contributed by atoms with Crippen LogP contribution in [-0.2, 0) is 0 Å². The van der Waals surface area contributed by atoms with E-state index in [2.05, 4.69) is 9.68 Å². The van der Waals surface area contributed by atoms with Crippen LogP contribution in [0.5, 0.6) is 0 Å². The molecule has 1 aromatic heterocycles. The molecular weight excluding hydrogens is 203 g/mol. The summed E-state index contributed by atoms with van der Waals surface area (Å²) in [5.74, 6) is -1.76. The average molecular weight is 208 g/mol. The van der Waals surface area contributed by atoms with Crippen LogP contribution in [0.15, 0.2) is 16.7 Å². The van der Waals surface area contributed by atoms with E-state index in [-0.39, 0.29) is 22.2 Å². The molecule has 0 aliphatic carbocycles. The van der Waals surface area contributed by atoms with Crippen LogP contribution >= 0.6 is 0 Å². The molecule has 2 N–H and O–H groups in total. The zero-order chi connectivity index (χ0) is 11.0. The number of aldehydes is 1. The van der Waals surface area contributed by atoms with Crippen molar-refractivity contribution in [3.63, 3.8) is 0 Å². The minimum absolute atomic E-state index is 0.0758. The molecule has 0 atom stereocenters. The van der Waals surface area contributed by atoms with Crippen LogP contribution in [0.25, 0.3) is 11.0 Å². The van der Waals surface area contributed by atoms with E-state index in [1.54, 1.807) is 0 Å². The predicted octanol–water partition coefficient (Wildman–Crippen LogP) is 0.878. The molecular formula is C9H5FN2O3. The molecule has 0 spiro atoms. The lowest BCUT2D eigenvalue weighted by Gasteiger charge is -1.95. The first-order chi connectivity index (χ1) is 7.15. The van der Waals surface area contributed by atoms with Crippen molar-refractivity contribution in [2.24, 2.45) is 5.73 Å². The van der Waals surface area contributed by atoms with Gasteiger partial charge in [-0.3, -0.25) is 9.59 Å². The number of halogens is 1. The highest BCUT2D eigenvalue weighted by Crippen LogP contribution is 2.23. The minimum atomic E-state index is -0.907. The Kier molecular flexibility index (Phi) is 1.96. The standard InChI is InChI=1S/C9H5FN2O3/c10-7-4(3-13)1-2-5-6(7)8(9(11)14)12-15-5/h1-3H,(H2,11,14). The van der Waals surface area contributed by atoms with Gasteiger partial charge < -0.3 is 10.3 Å². The Labute approximate surface area is 82.6 Å². The van der Waals surface area contributed by atoms with Gasteiger partial charge in [-0.25, -0.2) is 4.39 Å². The second-order valence-corrected chi connectivity index (χ2v) is 2.86. The molecule has 2 aromatic rings. The third-order valence-electron chi connectivity index (χ3n) is 1.97. The van der Waals surface area contributed by atoms with Gasteiger partial charge in [-0.1, -0.05) is 5.16 Å². The summed E-state index contributed by atoms with van der Waals surface area (Å²) in [6, 6.07) is 2.59. The summed E-state index contributed by atoms with van der Waals surface area (Å²) in [7, 11) is 0. The van der Waals surface area contributed by atoms with Gasteiger partial charge in [0.15, 0.2) is 17.6 Å². The molecule has 15 heavy (non-hydrogen) atoms. The number of aromatic nitrogens is 1. The van der Waals surface area contributed by atoms with Gasteiger partial charge in [0.05, 0.1) is 10.9 Å². The van der Waals surface area contributed by atoms with Crippen molar-refractivity contribution in [1.82, 2.24) is 5.16 Å². The van der Waals surface area contributed by atoms with Gasteiger partial charge in [0.25, 0.3) is 5.91 Å². The van der Waals surface area contributed by atoms with Crippen LogP contribution in [-0.4, -0.2) is 17.4 Å². The van der Waals surface area contributed by atoms with E-state index >= 15 is 0 Å². The van der Waals surface area contributed by atoms with Gasteiger partial charge in [0.2, 0.25) is 0 Å². The maximum absolute atomic E-state index is 13.6. The highest BCUT2D eigenvalue weighted by molar-refractivity contribution is 6.04. The Morgan fingerprint density at radius 2 is 2.27 bits per heavy atom. The fourth-order valence-electron chi connectivity index (χ4n) is 1.27. The van der Waals surface area contributed by atoms with Crippen LogP contribution in [0.2, 0.25) is 0 Å². The van der Waals surface area contributed by atoms with Crippen molar-refractivity contribution in [3.8, 4) is 0 Å². The molecule has 1 amide bonds. The lowest BCUT2D eigenvalue weighted by Crippen LogP contribution is -2.12. The average Bonchev–Trinajstić information content (AvgIpc) is 2.63. The molecule has 5 nitrogen and oxygen atoms in total. The minimum Gasteiger partial charge on any atom is -0.364 e. The number of nitrogens with two attached hydrogens (primary N) is 1. The number of fused-ring (bicyclic) bond motifs is 1. The van der Waals surface area contributed by atoms with Crippen LogP contribution in [0, 0.1) is 5.82 Å². The molecule has 0 radical (unpaired) electrons. The number of carbonyl (C=O) groups excluding carboxylic acids is 2. The van der Waals surface area contributed by atoms with E-state index in [0.717, 1.165) is 0 Å². The van der Waals surface area contributed by atoms with Gasteiger partial charge in [-0.05, 0) is 12.1 Å². The Morgan fingerprint density at radius 1 is 1.53 bits per heavy atom. The second kappa shape index (κ2) is 3.16. The molecule has 1 heterocycles. The van der Waals surface area contributed by atoms with E-state index in [0.29, 0.717) is 6.29 Å². The number of benzene rings is 1. The second-order valence-electron chi connectivity index (χ2n) is 2.86. The monoisotopic (exact) mass is 208 g/mol. The normalized spacial score (nSPS) is 10.5. The molecule has 0 unspecified atom stereocenters. The number of carbonyl (C=O) groups is 2. The fraction of sp³-hybridized carbons (Fsp3) is 0. The Balaban J connectivity index is 2.87. The summed E-state index contributed by atoms with van der Waals surface area (Å²) in [6.45, 7) is 0. The smallest absolute Gasteiger partial charge is 0.271 e. The molecule has 76 valence electrons. The number of nitrogens with zero attached hydrogens (tertiary/aromatic N) is 1. The van der Waals surface area contributed by atoms with Gasteiger partial charge >= 0.3 is 0 Å². The van der Waals surface area contributed by atoms with E-state index in [4.69, 9.17) is 5.73 Å². The number of hydrogen-bond donors (Lipinski definition) is 1. The Bertz CT molecular complexity index is 562. The number of primary amides is 1. The Morgan fingerprint density at radius 3 is 2.87 bits per heavy atom. The van der Waals surface area contributed by atoms with E-state index in [9.17, 15) is 14.0 Å². The lowest BCUT2D eigenvalue weighted by molar-refractivity contribution is 0.0992. The van der Waals surface area contributed by atoms with Crippen molar-refractivity contribution in [3.05, 3.63) is 29.2 Å². The first-order valence-electron chi connectivity index (χ1n) is 3.98. The van der Waals surface area contributed by atoms with Crippen molar-refractivity contribution >= 4 is 23.2 Å². The van der Waals surface area contributed by atoms with Crippen molar-refractivity contribution in [2.75, 3.05) is 0 Å². The SMILES string of the molecule is NC(=O)c1noc2ccc(C=O)c(F)c12. The van der Waals surface area contributed by atoms with Crippen LogP contribution in [0.3, 0.4) is 0 Å². The molecule has 6 heteroatoms. The van der Waals surface area contributed by atoms with Crippen molar-refractivity contribution in [2.45, 2.75) is 0 Å². The molecule has 0 fully saturated rings. The lowest BCUT2D eigenvalue weighted by atomic mass is 10.1. The number of hydrogen-bond acceptors (Lipinski definition) is 4. The third kappa shape index (κ3) is 1.26. The zero-order valence-electron chi connectivity index (χ0n) is 7.36. The van der Waals surface area contributed by atoms with Crippen LogP contribution < -0.4 is 5.73 Å².